The number of hydrogen-bond acceptors (Lipinski definition) is 4. The van der Waals surface area contributed by atoms with Crippen LogP contribution in [0.1, 0.15) is 48.9 Å². The first kappa shape index (κ1) is 17.3. The van der Waals surface area contributed by atoms with E-state index in [0.29, 0.717) is 12.8 Å². The Kier molecular flexibility index (Phi) is 4.65. The van der Waals surface area contributed by atoms with Crippen LogP contribution in [0.25, 0.3) is 0 Å². The second-order valence-corrected chi connectivity index (χ2v) is 6.72. The number of carbonyl (C=O) groups excluding carboxylic acids is 2. The molecule has 2 amide bonds. The zero-order valence-electron chi connectivity index (χ0n) is 15.0. The van der Waals surface area contributed by atoms with E-state index in [-0.39, 0.29) is 29.8 Å². The van der Waals surface area contributed by atoms with Crippen molar-refractivity contribution in [2.24, 2.45) is 13.0 Å². The van der Waals surface area contributed by atoms with Crippen molar-refractivity contribution in [3.8, 4) is 0 Å². The zero-order chi connectivity index (χ0) is 18.1. The second kappa shape index (κ2) is 6.74. The number of aromatic nitrogens is 2. The standard InChI is InChI=1S/C18H24N4O3/c1-11-5-7-15(25-11)12(2)20-18(24)14-6-8-16(23)22(4)17(14)13-9-19-21(3)10-13/h5,7,9-10,12,14,17H,6,8H2,1-4H3,(H,20,24)/t12-,14+,17+/m0/s1. The summed E-state index contributed by atoms with van der Waals surface area (Å²) >= 11 is 0. The maximum absolute atomic E-state index is 12.9. The van der Waals surface area contributed by atoms with Crippen LogP contribution in [0.2, 0.25) is 0 Å². The van der Waals surface area contributed by atoms with Crippen LogP contribution in [-0.2, 0) is 16.6 Å². The molecular formula is C18H24N4O3. The van der Waals surface area contributed by atoms with Gasteiger partial charge in [-0.1, -0.05) is 0 Å². The van der Waals surface area contributed by atoms with Crippen LogP contribution >= 0.6 is 0 Å². The molecule has 134 valence electrons. The number of furan rings is 1. The summed E-state index contributed by atoms with van der Waals surface area (Å²) in [5.74, 6) is 1.20. The Balaban J connectivity index is 1.80. The summed E-state index contributed by atoms with van der Waals surface area (Å²) in [4.78, 5) is 26.7. The van der Waals surface area contributed by atoms with Gasteiger partial charge >= 0.3 is 0 Å². The molecule has 0 radical (unpaired) electrons. The molecule has 1 N–H and O–H groups in total. The number of nitrogens with one attached hydrogen (secondary N) is 1. The molecule has 1 aliphatic rings. The number of rotatable bonds is 4. The summed E-state index contributed by atoms with van der Waals surface area (Å²) < 4.78 is 7.28. The first-order chi connectivity index (χ1) is 11.9. The lowest BCUT2D eigenvalue weighted by molar-refractivity contribution is -0.141. The third kappa shape index (κ3) is 3.45. The molecule has 2 aromatic heterocycles. The van der Waals surface area contributed by atoms with E-state index in [9.17, 15) is 9.59 Å². The van der Waals surface area contributed by atoms with Crippen molar-refractivity contribution in [1.29, 1.82) is 0 Å². The van der Waals surface area contributed by atoms with E-state index in [1.54, 1.807) is 22.8 Å². The minimum absolute atomic E-state index is 0.0487. The molecule has 1 saturated heterocycles. The Morgan fingerprint density at radius 3 is 2.76 bits per heavy atom. The Hall–Kier alpha value is -2.57. The molecule has 1 fully saturated rings. The number of nitrogens with zero attached hydrogens (tertiary/aromatic N) is 3. The molecule has 0 bridgehead atoms. The van der Waals surface area contributed by atoms with Gasteiger partial charge in [0.2, 0.25) is 11.8 Å². The Morgan fingerprint density at radius 1 is 1.40 bits per heavy atom. The fourth-order valence-corrected chi connectivity index (χ4v) is 3.44. The molecule has 3 atom stereocenters. The highest BCUT2D eigenvalue weighted by Gasteiger charge is 2.39. The molecular weight excluding hydrogens is 320 g/mol. The third-order valence-corrected chi connectivity index (χ3v) is 4.81. The molecule has 2 aromatic rings. The number of likely N-dealkylation sites (tertiary alicyclic amines) is 1. The number of amides is 2. The van der Waals surface area contributed by atoms with Crippen LogP contribution in [0.15, 0.2) is 28.9 Å². The van der Waals surface area contributed by atoms with E-state index in [1.165, 1.54) is 0 Å². The highest BCUT2D eigenvalue weighted by atomic mass is 16.3. The van der Waals surface area contributed by atoms with Crippen molar-refractivity contribution in [2.75, 3.05) is 7.05 Å². The lowest BCUT2D eigenvalue weighted by atomic mass is 9.85. The molecule has 0 aliphatic carbocycles. The summed E-state index contributed by atoms with van der Waals surface area (Å²) in [5, 5.41) is 7.21. The smallest absolute Gasteiger partial charge is 0.226 e. The topological polar surface area (TPSA) is 80.4 Å². The predicted molar refractivity (Wildman–Crippen MR) is 91.4 cm³/mol. The molecule has 3 heterocycles. The van der Waals surface area contributed by atoms with E-state index in [1.807, 2.05) is 39.2 Å². The predicted octanol–water partition coefficient (Wildman–Crippen LogP) is 2.11. The van der Waals surface area contributed by atoms with E-state index in [0.717, 1.165) is 17.1 Å². The number of carbonyl (C=O) groups is 2. The van der Waals surface area contributed by atoms with Gasteiger partial charge in [0, 0.05) is 32.3 Å². The summed E-state index contributed by atoms with van der Waals surface area (Å²) in [6.07, 6.45) is 4.48. The fraction of sp³-hybridized carbons (Fsp3) is 0.500. The zero-order valence-corrected chi connectivity index (χ0v) is 15.0. The second-order valence-electron chi connectivity index (χ2n) is 6.72. The van der Waals surface area contributed by atoms with Crippen LogP contribution in [0.4, 0.5) is 0 Å². The third-order valence-electron chi connectivity index (χ3n) is 4.81. The molecule has 25 heavy (non-hydrogen) atoms. The summed E-state index contributed by atoms with van der Waals surface area (Å²) in [5.41, 5.74) is 0.875. The van der Waals surface area contributed by atoms with Crippen LogP contribution < -0.4 is 5.32 Å². The van der Waals surface area contributed by atoms with Gasteiger partial charge in [-0.15, -0.1) is 0 Å². The van der Waals surface area contributed by atoms with Crippen molar-refractivity contribution in [3.63, 3.8) is 0 Å². The van der Waals surface area contributed by atoms with Gasteiger partial charge in [0.15, 0.2) is 0 Å². The van der Waals surface area contributed by atoms with E-state index in [4.69, 9.17) is 4.42 Å². The van der Waals surface area contributed by atoms with Gasteiger partial charge in [-0.25, -0.2) is 0 Å². The number of aryl methyl sites for hydroxylation is 2. The van der Waals surface area contributed by atoms with E-state index >= 15 is 0 Å². The highest BCUT2D eigenvalue weighted by Crippen LogP contribution is 2.36. The molecule has 7 heteroatoms. The summed E-state index contributed by atoms with van der Waals surface area (Å²) in [6.45, 7) is 3.77. The largest absolute Gasteiger partial charge is 0.464 e. The maximum atomic E-state index is 12.9. The minimum Gasteiger partial charge on any atom is -0.464 e. The first-order valence-electron chi connectivity index (χ1n) is 8.47. The lowest BCUT2D eigenvalue weighted by Crippen LogP contribution is -2.46. The van der Waals surface area contributed by atoms with Crippen LogP contribution in [0.5, 0.6) is 0 Å². The normalized spacial score (nSPS) is 22.1. The van der Waals surface area contributed by atoms with Gasteiger partial charge in [0.25, 0.3) is 0 Å². The maximum Gasteiger partial charge on any atom is 0.226 e. The van der Waals surface area contributed by atoms with Crippen LogP contribution in [0, 0.1) is 12.8 Å². The fourth-order valence-electron chi connectivity index (χ4n) is 3.44. The Bertz CT molecular complexity index is 779. The molecule has 0 spiro atoms. The average molecular weight is 344 g/mol. The summed E-state index contributed by atoms with van der Waals surface area (Å²) in [6, 6.07) is 3.22. The molecule has 0 unspecified atom stereocenters. The monoisotopic (exact) mass is 344 g/mol. The van der Waals surface area contributed by atoms with Gasteiger partial charge in [0.1, 0.15) is 11.5 Å². The number of hydrogen-bond donors (Lipinski definition) is 1. The van der Waals surface area contributed by atoms with Crippen LogP contribution in [0.3, 0.4) is 0 Å². The average Bonchev–Trinajstić information content (AvgIpc) is 3.18. The van der Waals surface area contributed by atoms with E-state index in [2.05, 4.69) is 10.4 Å². The molecule has 0 aromatic carbocycles. The van der Waals surface area contributed by atoms with Gasteiger partial charge in [-0.05, 0) is 32.4 Å². The summed E-state index contributed by atoms with van der Waals surface area (Å²) in [7, 11) is 3.57. The molecule has 0 saturated carbocycles. The Morgan fingerprint density at radius 2 is 2.16 bits per heavy atom. The quantitative estimate of drug-likeness (QED) is 0.921. The van der Waals surface area contributed by atoms with E-state index < -0.39 is 0 Å². The molecule has 7 nitrogen and oxygen atoms in total. The Labute approximate surface area is 147 Å². The van der Waals surface area contributed by atoms with Gasteiger partial charge in [-0.3, -0.25) is 14.3 Å². The van der Waals surface area contributed by atoms with Gasteiger partial charge in [-0.2, -0.15) is 5.10 Å². The van der Waals surface area contributed by atoms with Gasteiger partial charge in [0.05, 0.1) is 24.2 Å². The van der Waals surface area contributed by atoms with Gasteiger partial charge < -0.3 is 14.6 Å². The lowest BCUT2D eigenvalue weighted by Gasteiger charge is -2.38. The highest BCUT2D eigenvalue weighted by molar-refractivity contribution is 5.85. The minimum atomic E-state index is -0.314. The molecule has 1 aliphatic heterocycles. The first-order valence-corrected chi connectivity index (χ1v) is 8.47. The molecule has 3 rings (SSSR count). The van der Waals surface area contributed by atoms with Crippen molar-refractivity contribution >= 4 is 11.8 Å². The SMILES string of the molecule is Cc1ccc([C@H](C)NC(=O)[C@@H]2CCC(=O)N(C)[C@@H]2c2cnn(C)c2)o1. The number of piperidine rings is 1. The van der Waals surface area contributed by atoms with Crippen molar-refractivity contribution in [3.05, 3.63) is 41.6 Å². The van der Waals surface area contributed by atoms with Crippen molar-refractivity contribution in [2.45, 2.75) is 38.8 Å². The van der Waals surface area contributed by atoms with Crippen molar-refractivity contribution in [1.82, 2.24) is 20.0 Å². The van der Waals surface area contributed by atoms with Crippen LogP contribution in [-0.4, -0.2) is 33.5 Å². The van der Waals surface area contributed by atoms with Crippen molar-refractivity contribution < 1.29 is 14.0 Å².